The molecule has 0 amide bonds. The van der Waals surface area contributed by atoms with Crippen LogP contribution in [0.25, 0.3) is 0 Å². The minimum atomic E-state index is -5.84. The van der Waals surface area contributed by atoms with Gasteiger partial charge in [0.2, 0.25) is 17.5 Å². The molecule has 3 atom stereocenters. The van der Waals surface area contributed by atoms with Crippen molar-refractivity contribution >= 4 is 5.97 Å². The first kappa shape index (κ1) is 19.7. The van der Waals surface area contributed by atoms with Gasteiger partial charge in [-0.05, 0) is 13.3 Å². The zero-order chi connectivity index (χ0) is 18.5. The van der Waals surface area contributed by atoms with Gasteiger partial charge in [0.15, 0.2) is 0 Å². The van der Waals surface area contributed by atoms with Crippen LogP contribution in [0.1, 0.15) is 20.3 Å². The Hall–Kier alpha value is -1.36. The number of halogens is 7. The lowest BCUT2D eigenvalue weighted by Crippen LogP contribution is -2.79. The smallest absolute Gasteiger partial charge is 0.423 e. The van der Waals surface area contributed by atoms with Gasteiger partial charge in [0.25, 0.3) is 0 Å². The molecule has 1 N–H and O–H groups in total. The van der Waals surface area contributed by atoms with Crippen LogP contribution in [-0.4, -0.2) is 46.6 Å². The van der Waals surface area contributed by atoms with Crippen LogP contribution in [0.15, 0.2) is 12.7 Å². The first-order chi connectivity index (χ1) is 10.1. The van der Waals surface area contributed by atoms with E-state index in [-0.39, 0.29) is 13.0 Å². The molecule has 1 heterocycles. The van der Waals surface area contributed by atoms with Crippen molar-refractivity contribution in [2.24, 2.45) is 0 Å². The maximum Gasteiger partial charge on any atom is 0.423 e. The second kappa shape index (κ2) is 5.33. The Bertz CT molecular complexity index is 500. The van der Waals surface area contributed by atoms with Crippen LogP contribution in [-0.2, 0) is 14.3 Å². The van der Waals surface area contributed by atoms with Gasteiger partial charge in [-0.15, -0.1) is 0 Å². The van der Waals surface area contributed by atoms with Gasteiger partial charge < -0.3 is 14.6 Å². The third-order valence-electron chi connectivity index (χ3n) is 3.54. The Morgan fingerprint density at radius 1 is 1.30 bits per heavy atom. The second-order valence-electron chi connectivity index (χ2n) is 5.03. The lowest BCUT2D eigenvalue weighted by Gasteiger charge is -2.54. The van der Waals surface area contributed by atoms with E-state index in [1.165, 1.54) is 0 Å². The Morgan fingerprint density at radius 3 is 2.13 bits per heavy atom. The number of hydrogen-bond donors (Lipinski definition) is 1. The van der Waals surface area contributed by atoms with Gasteiger partial charge in [-0.3, -0.25) is 0 Å². The van der Waals surface area contributed by atoms with Crippen molar-refractivity contribution in [3.05, 3.63) is 12.7 Å². The molecule has 11 heteroatoms. The summed E-state index contributed by atoms with van der Waals surface area (Å²) in [6, 6.07) is 0. The van der Waals surface area contributed by atoms with Crippen LogP contribution in [0.4, 0.5) is 30.7 Å². The van der Waals surface area contributed by atoms with E-state index < -0.39 is 47.9 Å². The number of ether oxygens (including phenoxy) is 2. The van der Waals surface area contributed by atoms with Crippen LogP contribution >= 0.6 is 0 Å². The molecule has 0 spiro atoms. The van der Waals surface area contributed by atoms with Crippen LogP contribution in [0.3, 0.4) is 0 Å². The van der Waals surface area contributed by atoms with Gasteiger partial charge in [0, 0.05) is 6.08 Å². The number of carbonyl (C=O) groups excluding carboxylic acids is 1. The third kappa shape index (κ3) is 2.59. The molecule has 1 rings (SSSR count). The van der Waals surface area contributed by atoms with E-state index in [2.05, 4.69) is 16.1 Å². The highest BCUT2D eigenvalue weighted by molar-refractivity contribution is 5.81. The average molecular weight is 354 g/mol. The summed E-state index contributed by atoms with van der Waals surface area (Å²) in [7, 11) is 0. The van der Waals surface area contributed by atoms with Crippen molar-refractivity contribution in [3.63, 3.8) is 0 Å². The molecule has 0 radical (unpaired) electrons. The van der Waals surface area contributed by atoms with Crippen molar-refractivity contribution in [3.8, 4) is 0 Å². The van der Waals surface area contributed by atoms with Crippen LogP contribution in [0, 0.1) is 0 Å². The van der Waals surface area contributed by atoms with Gasteiger partial charge in [-0.25, -0.2) is 4.79 Å². The molecule has 0 aromatic rings. The molecule has 23 heavy (non-hydrogen) atoms. The quantitative estimate of drug-likeness (QED) is 0.481. The van der Waals surface area contributed by atoms with E-state index in [0.29, 0.717) is 6.92 Å². The van der Waals surface area contributed by atoms with E-state index in [0.717, 1.165) is 0 Å². The van der Waals surface area contributed by atoms with Crippen molar-refractivity contribution in [2.75, 3.05) is 0 Å². The third-order valence-corrected chi connectivity index (χ3v) is 3.54. The predicted octanol–water partition coefficient (Wildman–Crippen LogP) is 2.80. The molecule has 134 valence electrons. The molecule has 4 nitrogen and oxygen atoms in total. The highest BCUT2D eigenvalue weighted by atomic mass is 19.4. The van der Waals surface area contributed by atoms with Crippen molar-refractivity contribution < 1.29 is 50.1 Å². The molecule has 0 aromatic heterocycles. The minimum Gasteiger partial charge on any atom is -0.446 e. The first-order valence-electron chi connectivity index (χ1n) is 6.18. The van der Waals surface area contributed by atoms with Crippen LogP contribution in [0.2, 0.25) is 0 Å². The summed E-state index contributed by atoms with van der Waals surface area (Å²) in [5.41, 5.74) is -4.47. The summed E-state index contributed by atoms with van der Waals surface area (Å²) >= 11 is 0. The molecule has 1 saturated heterocycles. The van der Waals surface area contributed by atoms with Crippen molar-refractivity contribution in [2.45, 2.75) is 55.8 Å². The molecule has 1 fully saturated rings. The normalized spacial score (nSPS) is 36.3. The van der Waals surface area contributed by atoms with Gasteiger partial charge in [-0.2, -0.15) is 30.7 Å². The highest BCUT2D eigenvalue weighted by Crippen LogP contribution is 2.59. The number of carbonyl (C=O) groups is 1. The lowest BCUT2D eigenvalue weighted by molar-refractivity contribution is -0.493. The maximum absolute atomic E-state index is 14.3. The molecular weight excluding hydrogens is 341 g/mol. The van der Waals surface area contributed by atoms with E-state index in [4.69, 9.17) is 0 Å². The fourth-order valence-corrected chi connectivity index (χ4v) is 2.23. The fourth-order valence-electron chi connectivity index (χ4n) is 2.23. The number of alkyl halides is 7. The summed E-state index contributed by atoms with van der Waals surface area (Å²) in [5.74, 6) is -16.2. The highest BCUT2D eigenvalue weighted by Gasteiger charge is 2.85. The Labute approximate surface area is 125 Å². The molecule has 1 aliphatic rings. The molecule has 0 aromatic carbocycles. The average Bonchev–Trinajstić information content (AvgIpc) is 2.38. The van der Waals surface area contributed by atoms with E-state index in [1.54, 1.807) is 0 Å². The van der Waals surface area contributed by atoms with Crippen LogP contribution < -0.4 is 0 Å². The van der Waals surface area contributed by atoms with E-state index in [9.17, 15) is 40.6 Å². The minimum absolute atomic E-state index is 0.0765. The zero-order valence-electron chi connectivity index (χ0n) is 11.9. The molecule has 3 unspecified atom stereocenters. The van der Waals surface area contributed by atoms with E-state index in [1.807, 2.05) is 0 Å². The molecule has 1 aliphatic heterocycles. The Morgan fingerprint density at radius 2 is 1.78 bits per heavy atom. The van der Waals surface area contributed by atoms with Gasteiger partial charge >= 0.3 is 24.0 Å². The maximum atomic E-state index is 14.3. The van der Waals surface area contributed by atoms with Crippen molar-refractivity contribution in [1.29, 1.82) is 0 Å². The van der Waals surface area contributed by atoms with E-state index >= 15 is 0 Å². The lowest BCUT2D eigenvalue weighted by atomic mass is 9.79. The Kier molecular flexibility index (Phi) is 4.56. The number of esters is 1. The van der Waals surface area contributed by atoms with Crippen molar-refractivity contribution in [1.82, 2.24) is 0 Å². The van der Waals surface area contributed by atoms with Gasteiger partial charge in [0.05, 0.1) is 0 Å². The SMILES string of the molecule is C=CC(=O)OC1C(F)(F)C(C)(O)OC(CC)(C(F)(F)F)C1(F)F. The summed E-state index contributed by atoms with van der Waals surface area (Å²) in [5, 5.41) is 9.50. The van der Waals surface area contributed by atoms with Gasteiger partial charge in [0.1, 0.15) is 0 Å². The predicted molar refractivity (Wildman–Crippen MR) is 60.8 cm³/mol. The second-order valence-corrected chi connectivity index (χ2v) is 5.03. The molecule has 0 saturated carbocycles. The van der Waals surface area contributed by atoms with Crippen LogP contribution in [0.5, 0.6) is 0 Å². The molecule has 0 aliphatic carbocycles. The summed E-state index contributed by atoms with van der Waals surface area (Å²) in [6.07, 6.45) is -11.1. The topological polar surface area (TPSA) is 55.8 Å². The van der Waals surface area contributed by atoms with Gasteiger partial charge in [-0.1, -0.05) is 13.5 Å². The fraction of sp³-hybridized carbons (Fsp3) is 0.750. The first-order valence-corrected chi connectivity index (χ1v) is 6.18. The standard InChI is InChI=1S/C12H13F7O4/c1-4-6(20)22-7-10(13,14)8(3,21)23-9(5-2,11(7,15)16)12(17,18)19/h4,7,21H,1,5H2,2-3H3. The monoisotopic (exact) mass is 354 g/mol. The largest absolute Gasteiger partial charge is 0.446 e. The number of hydrogen-bond acceptors (Lipinski definition) is 4. The molecule has 0 bridgehead atoms. The summed E-state index contributed by atoms with van der Waals surface area (Å²) < 4.78 is 103. The number of rotatable bonds is 3. The summed E-state index contributed by atoms with van der Waals surface area (Å²) in [4.78, 5) is 11.0. The Balaban J connectivity index is 3.62. The molecular formula is C12H13F7O4. The zero-order valence-corrected chi connectivity index (χ0v) is 11.9. The number of aliphatic hydroxyl groups is 1. The summed E-state index contributed by atoms with van der Waals surface area (Å²) in [6.45, 7) is 3.46.